The van der Waals surface area contributed by atoms with Crippen molar-refractivity contribution >= 4 is 34.7 Å². The second-order valence-electron chi connectivity index (χ2n) is 4.58. The molecule has 0 bridgehead atoms. The molecule has 5 heteroatoms. The minimum absolute atomic E-state index is 0.00844. The number of aryl methyl sites for hydroxylation is 1. The van der Waals surface area contributed by atoms with E-state index in [9.17, 15) is 4.79 Å². The Hall–Kier alpha value is -1.39. The van der Waals surface area contributed by atoms with Gasteiger partial charge >= 0.3 is 0 Å². The van der Waals surface area contributed by atoms with Crippen molar-refractivity contribution in [1.82, 2.24) is 4.98 Å². The van der Waals surface area contributed by atoms with E-state index in [1.54, 1.807) is 29.5 Å². The first-order chi connectivity index (χ1) is 9.24. The molecule has 2 aromatic heterocycles. The van der Waals surface area contributed by atoms with E-state index in [0.717, 1.165) is 19.3 Å². The van der Waals surface area contributed by atoms with Crippen molar-refractivity contribution in [3.8, 4) is 0 Å². The molecule has 2 aromatic rings. The lowest BCUT2D eigenvalue weighted by atomic mass is 9.87. The fraction of sp³-hybridized carbons (Fsp3) is 0.286. The Kier molecular flexibility index (Phi) is 3.53. The van der Waals surface area contributed by atoms with Gasteiger partial charge in [-0.15, -0.1) is 11.3 Å². The monoisotopic (exact) mass is 292 g/mol. The second-order valence-corrected chi connectivity index (χ2v) is 5.97. The van der Waals surface area contributed by atoms with Gasteiger partial charge in [-0.1, -0.05) is 17.7 Å². The third-order valence-electron chi connectivity index (χ3n) is 3.33. The summed E-state index contributed by atoms with van der Waals surface area (Å²) in [6.07, 6.45) is 3.05. The largest absolute Gasteiger partial charge is 0.310 e. The molecule has 0 fully saturated rings. The van der Waals surface area contributed by atoms with Gasteiger partial charge < -0.3 is 5.32 Å². The van der Waals surface area contributed by atoms with Crippen molar-refractivity contribution in [1.29, 1.82) is 0 Å². The number of nitrogens with one attached hydrogen (secondary N) is 1. The summed E-state index contributed by atoms with van der Waals surface area (Å²) in [5.41, 5.74) is 1.18. The molecule has 1 N–H and O–H groups in total. The smallest absolute Gasteiger partial charge is 0.233 e. The first-order valence-electron chi connectivity index (χ1n) is 6.24. The lowest BCUT2D eigenvalue weighted by Crippen LogP contribution is -2.24. The zero-order valence-electron chi connectivity index (χ0n) is 10.2. The minimum Gasteiger partial charge on any atom is -0.310 e. The van der Waals surface area contributed by atoms with Gasteiger partial charge in [-0.25, -0.2) is 4.98 Å². The van der Waals surface area contributed by atoms with Crippen LogP contribution in [0.3, 0.4) is 0 Å². The van der Waals surface area contributed by atoms with Crippen LogP contribution in [0.2, 0.25) is 5.15 Å². The van der Waals surface area contributed by atoms with Gasteiger partial charge in [0.15, 0.2) is 0 Å². The molecule has 0 aromatic carbocycles. The summed E-state index contributed by atoms with van der Waals surface area (Å²) in [5.74, 6) is 0.463. The van der Waals surface area contributed by atoms with Gasteiger partial charge in [-0.05, 0) is 48.4 Å². The summed E-state index contributed by atoms with van der Waals surface area (Å²) in [7, 11) is 0. The third kappa shape index (κ3) is 2.65. The first kappa shape index (κ1) is 12.6. The SMILES string of the molecule is O=C(Nc1cccc(Cl)n1)C1CCCc2sccc21. The number of amides is 1. The highest BCUT2D eigenvalue weighted by molar-refractivity contribution is 7.10. The van der Waals surface area contributed by atoms with Crippen LogP contribution >= 0.6 is 22.9 Å². The van der Waals surface area contributed by atoms with E-state index in [-0.39, 0.29) is 11.8 Å². The number of anilines is 1. The van der Waals surface area contributed by atoms with Crippen LogP contribution in [0.4, 0.5) is 5.82 Å². The van der Waals surface area contributed by atoms with Crippen molar-refractivity contribution in [3.05, 3.63) is 45.2 Å². The first-order valence-corrected chi connectivity index (χ1v) is 7.49. The van der Waals surface area contributed by atoms with Crippen LogP contribution < -0.4 is 5.32 Å². The molecule has 1 atom stereocenters. The quantitative estimate of drug-likeness (QED) is 0.854. The molecule has 0 aliphatic heterocycles. The number of rotatable bonds is 2. The van der Waals surface area contributed by atoms with Gasteiger partial charge in [0.05, 0.1) is 5.92 Å². The molecule has 1 aliphatic rings. The summed E-state index contributed by atoms with van der Waals surface area (Å²) in [6.45, 7) is 0. The predicted octanol–water partition coefficient (Wildman–Crippen LogP) is 3.86. The summed E-state index contributed by atoms with van der Waals surface area (Å²) in [5, 5.41) is 5.30. The second kappa shape index (κ2) is 5.31. The zero-order chi connectivity index (χ0) is 13.2. The number of thiophene rings is 1. The van der Waals surface area contributed by atoms with E-state index in [4.69, 9.17) is 11.6 Å². The molecule has 0 radical (unpaired) electrons. The Morgan fingerprint density at radius 1 is 1.42 bits per heavy atom. The maximum atomic E-state index is 12.3. The van der Waals surface area contributed by atoms with Crippen LogP contribution in [0.1, 0.15) is 29.2 Å². The van der Waals surface area contributed by atoms with Crippen LogP contribution in [0.25, 0.3) is 0 Å². The Morgan fingerprint density at radius 3 is 3.16 bits per heavy atom. The number of nitrogens with zero attached hydrogens (tertiary/aromatic N) is 1. The van der Waals surface area contributed by atoms with Gasteiger partial charge in [-0.3, -0.25) is 4.79 Å². The van der Waals surface area contributed by atoms with E-state index in [1.807, 2.05) is 0 Å². The number of carbonyl (C=O) groups excluding carboxylic acids is 1. The minimum atomic E-state index is -0.0595. The van der Waals surface area contributed by atoms with Crippen molar-refractivity contribution in [2.45, 2.75) is 25.2 Å². The number of hydrogen-bond acceptors (Lipinski definition) is 3. The van der Waals surface area contributed by atoms with Gasteiger partial charge in [0.2, 0.25) is 5.91 Å². The number of fused-ring (bicyclic) bond motifs is 1. The Balaban J connectivity index is 1.79. The molecule has 1 unspecified atom stereocenters. The lowest BCUT2D eigenvalue weighted by Gasteiger charge is -2.21. The molecular formula is C14H13ClN2OS. The molecule has 98 valence electrons. The average molecular weight is 293 g/mol. The fourth-order valence-electron chi connectivity index (χ4n) is 2.45. The number of carbonyl (C=O) groups is 1. The highest BCUT2D eigenvalue weighted by Crippen LogP contribution is 2.35. The molecule has 1 amide bonds. The number of halogens is 1. The predicted molar refractivity (Wildman–Crippen MR) is 77.9 cm³/mol. The summed E-state index contributed by atoms with van der Waals surface area (Å²) < 4.78 is 0. The molecule has 1 aliphatic carbocycles. The summed E-state index contributed by atoms with van der Waals surface area (Å²) in [4.78, 5) is 17.8. The number of hydrogen-bond donors (Lipinski definition) is 1. The molecule has 0 spiro atoms. The van der Waals surface area contributed by atoms with Gasteiger partial charge in [0.25, 0.3) is 0 Å². The van der Waals surface area contributed by atoms with E-state index < -0.39 is 0 Å². The van der Waals surface area contributed by atoms with E-state index in [0.29, 0.717) is 11.0 Å². The Morgan fingerprint density at radius 2 is 2.32 bits per heavy atom. The maximum absolute atomic E-state index is 12.3. The van der Waals surface area contributed by atoms with Crippen LogP contribution in [0, 0.1) is 0 Å². The topological polar surface area (TPSA) is 42.0 Å². The average Bonchev–Trinajstić information content (AvgIpc) is 2.86. The molecule has 19 heavy (non-hydrogen) atoms. The molecule has 0 saturated carbocycles. The summed E-state index contributed by atoms with van der Waals surface area (Å²) in [6, 6.07) is 7.28. The maximum Gasteiger partial charge on any atom is 0.233 e. The van der Waals surface area contributed by atoms with Crippen molar-refractivity contribution < 1.29 is 4.79 Å². The van der Waals surface area contributed by atoms with Crippen LogP contribution in [-0.2, 0) is 11.2 Å². The Bertz CT molecular complexity index is 611. The molecule has 0 saturated heterocycles. The normalized spacial score (nSPS) is 17.8. The van der Waals surface area contributed by atoms with Crippen LogP contribution in [-0.4, -0.2) is 10.9 Å². The van der Waals surface area contributed by atoms with E-state index >= 15 is 0 Å². The standard InChI is InChI=1S/C14H13ClN2OS/c15-12-5-2-6-13(16-12)17-14(18)10-3-1-4-11-9(10)7-8-19-11/h2,5-8,10H,1,3-4H2,(H,16,17,18). The van der Waals surface area contributed by atoms with Crippen LogP contribution in [0.15, 0.2) is 29.6 Å². The van der Waals surface area contributed by atoms with Gasteiger partial charge in [0, 0.05) is 4.88 Å². The third-order valence-corrected chi connectivity index (χ3v) is 4.54. The van der Waals surface area contributed by atoms with Crippen LogP contribution in [0.5, 0.6) is 0 Å². The summed E-state index contributed by atoms with van der Waals surface area (Å²) >= 11 is 7.56. The molecule has 2 heterocycles. The molecular weight excluding hydrogens is 280 g/mol. The number of aromatic nitrogens is 1. The van der Waals surface area contributed by atoms with E-state index in [1.165, 1.54) is 10.4 Å². The zero-order valence-corrected chi connectivity index (χ0v) is 11.8. The highest BCUT2D eigenvalue weighted by Gasteiger charge is 2.27. The molecule has 3 rings (SSSR count). The van der Waals surface area contributed by atoms with Crippen molar-refractivity contribution in [2.75, 3.05) is 5.32 Å². The highest BCUT2D eigenvalue weighted by atomic mass is 35.5. The van der Waals surface area contributed by atoms with Gasteiger partial charge in [-0.2, -0.15) is 0 Å². The van der Waals surface area contributed by atoms with Crippen molar-refractivity contribution in [3.63, 3.8) is 0 Å². The van der Waals surface area contributed by atoms with Gasteiger partial charge in [0.1, 0.15) is 11.0 Å². The Labute approximate surface area is 120 Å². The fourth-order valence-corrected chi connectivity index (χ4v) is 3.60. The number of pyridine rings is 1. The van der Waals surface area contributed by atoms with Crippen molar-refractivity contribution in [2.24, 2.45) is 0 Å². The van der Waals surface area contributed by atoms with E-state index in [2.05, 4.69) is 21.7 Å². The molecule has 3 nitrogen and oxygen atoms in total. The lowest BCUT2D eigenvalue weighted by molar-refractivity contribution is -0.117.